The number of imidazole rings is 2. The Balaban J connectivity index is 0.000000181. The maximum Gasteiger partial charge on any atom is 0.348 e. The second kappa shape index (κ2) is 46.4. The summed E-state index contributed by atoms with van der Waals surface area (Å²) in [6.45, 7) is 9.97. The topological polar surface area (TPSA) is 420 Å². The van der Waals surface area contributed by atoms with Gasteiger partial charge in [-0.2, -0.15) is 0 Å². The minimum Gasteiger partial charge on any atom is -0.508 e. The third-order valence-corrected chi connectivity index (χ3v) is 20.7. The number of carbonyl (C=O) groups is 9. The van der Waals surface area contributed by atoms with Crippen LogP contribution < -0.4 is 14.2 Å². The zero-order valence-corrected chi connectivity index (χ0v) is 73.0. The van der Waals surface area contributed by atoms with E-state index in [0.717, 1.165) is 102 Å². The molecule has 0 spiro atoms. The Hall–Kier alpha value is -14.4. The van der Waals surface area contributed by atoms with Crippen LogP contribution >= 0.6 is 0 Å². The van der Waals surface area contributed by atoms with Crippen molar-refractivity contribution in [1.82, 2.24) is 19.1 Å². The molecule has 4 atom stereocenters. The highest BCUT2D eigenvalue weighted by atomic mass is 16.6. The van der Waals surface area contributed by atoms with Gasteiger partial charge in [-0.05, 0) is 198 Å². The number of carboxylic acids is 3. The monoisotopic (exact) mass is 1780 g/mol. The molecule has 0 saturated heterocycles. The molecule has 4 aromatic heterocycles. The number of ether oxygens (including phenoxy) is 9. The van der Waals surface area contributed by atoms with E-state index in [1.807, 2.05) is 84.9 Å². The number of aromatic hydroxyl groups is 1. The summed E-state index contributed by atoms with van der Waals surface area (Å²) in [5.74, 6) is -4.35. The van der Waals surface area contributed by atoms with E-state index in [1.165, 1.54) is 37.1 Å². The lowest BCUT2D eigenvalue weighted by Crippen LogP contribution is -2.31. The van der Waals surface area contributed by atoms with Gasteiger partial charge in [0.05, 0.1) is 56.8 Å². The van der Waals surface area contributed by atoms with Crippen LogP contribution in [-0.4, -0.2) is 159 Å². The van der Waals surface area contributed by atoms with E-state index in [2.05, 4.69) is 9.13 Å². The number of carboxylic acid groups (broad SMARTS) is 3. The zero-order chi connectivity index (χ0) is 92.9. The average Bonchev–Trinajstić information content (AvgIpc) is 1.62. The number of phenolic OH excluding ortho intramolecular Hbond substituents is 1. The number of benzene rings is 8. The van der Waals surface area contributed by atoms with Crippen LogP contribution in [0.5, 0.6) is 23.0 Å². The maximum atomic E-state index is 13.6. The standard InChI is InChI=1S/C40H42N2O8.C29H28N2O8.C22H26O6.C9H10O4/c1-40(2,3)50-36(43)26-47-32-17-14-27(15-18-32)22-35(39(45)48-24-28-10-6-4-7-11-28)49-38(44)29-16-19-34-33(23-29)41-37(30-20-21-46-25-30)42(34)31-12-8-5-9-13-31;32-26(33)17-38-22-9-6-18(7-10-22)14-25(28(34)35)39-29(36)19-8-11-24-23(15-19)30-27(20-12-13-37-16-20)31(24)21-4-2-1-3-5-21;1-22(2,3)28-20(24)15-26-18-11-9-16(10-12-18)13-19(23)21(25)27-14-17-7-5-4-6-8-17;10-7-3-1-6(2-4-7)5-8(11)9(12)13/h4,6-7,10-11,14-21,23,25,31,35H,5,8-9,12-13,22,24,26H2,1-3H3;6-13,15-16,21,25H,1-5,14,17H2,(H,32,33)(H,34,35);4-12,19,23H,13-15H2,1-3H3;1-4,8,10-11H,5H2,(H,12,13). The summed E-state index contributed by atoms with van der Waals surface area (Å²) in [4.78, 5) is 118. The van der Waals surface area contributed by atoms with Gasteiger partial charge >= 0.3 is 53.7 Å². The van der Waals surface area contributed by atoms with E-state index >= 15 is 0 Å². The predicted molar refractivity (Wildman–Crippen MR) is 475 cm³/mol. The number of fused-ring (bicyclic) bond motifs is 2. The van der Waals surface area contributed by atoms with Crippen LogP contribution in [0.1, 0.15) is 172 Å². The Morgan fingerprint density at radius 2 is 0.792 bits per heavy atom. The van der Waals surface area contributed by atoms with Crippen LogP contribution in [-0.2, 0) is 101 Å². The highest BCUT2D eigenvalue weighted by molar-refractivity contribution is 5.97. The molecule has 30 nitrogen and oxygen atoms in total. The van der Waals surface area contributed by atoms with Crippen LogP contribution in [0.3, 0.4) is 0 Å². The Kier molecular flexibility index (Phi) is 34.3. The predicted octanol–water partition coefficient (Wildman–Crippen LogP) is 16.6. The average molecular weight is 1780 g/mol. The molecule has 0 radical (unpaired) electrons. The van der Waals surface area contributed by atoms with Crippen molar-refractivity contribution >= 4 is 75.8 Å². The minimum atomic E-state index is -1.42. The molecule has 6 N–H and O–H groups in total. The molecule has 2 saturated carbocycles. The molecule has 8 aromatic carbocycles. The van der Waals surface area contributed by atoms with E-state index in [0.29, 0.717) is 57.1 Å². The number of phenols is 1. The van der Waals surface area contributed by atoms with Crippen LogP contribution in [0.4, 0.5) is 0 Å². The first kappa shape index (κ1) is 96.2. The second-order valence-corrected chi connectivity index (χ2v) is 33.2. The smallest absolute Gasteiger partial charge is 0.348 e. The number of hydrogen-bond donors (Lipinski definition) is 6. The van der Waals surface area contributed by atoms with Gasteiger partial charge in [-0.3, -0.25) is 0 Å². The van der Waals surface area contributed by atoms with E-state index in [9.17, 15) is 53.4 Å². The van der Waals surface area contributed by atoms with E-state index in [-0.39, 0.29) is 69.0 Å². The number of carbonyl (C=O) groups excluding carboxylic acids is 6. The molecule has 2 aliphatic rings. The summed E-state index contributed by atoms with van der Waals surface area (Å²) in [7, 11) is 0. The molecule has 4 unspecified atom stereocenters. The van der Waals surface area contributed by atoms with E-state index in [1.54, 1.807) is 164 Å². The Bertz CT molecular complexity index is 5710. The summed E-state index contributed by atoms with van der Waals surface area (Å²) in [6, 6.07) is 59.3. The van der Waals surface area contributed by atoms with Crippen molar-refractivity contribution in [3.8, 4) is 45.8 Å². The molecule has 0 bridgehead atoms. The number of aliphatic hydroxyl groups is 2. The van der Waals surface area contributed by atoms with Crippen LogP contribution in [0, 0.1) is 0 Å². The van der Waals surface area contributed by atoms with Crippen molar-refractivity contribution in [2.45, 2.75) is 192 Å². The molecule has 2 aliphatic carbocycles. The molecule has 130 heavy (non-hydrogen) atoms. The normalized spacial score (nSPS) is 13.7. The maximum absolute atomic E-state index is 13.6. The highest BCUT2D eigenvalue weighted by Gasteiger charge is 2.32. The number of nitrogens with zero attached hydrogens (tertiary/aromatic N) is 4. The summed E-state index contributed by atoms with van der Waals surface area (Å²) in [6.07, 6.45) is 12.7. The second-order valence-electron chi connectivity index (χ2n) is 33.2. The molecule has 0 amide bonds. The number of hydrogen-bond acceptors (Lipinski definition) is 25. The molecule has 4 heterocycles. The van der Waals surface area contributed by atoms with Gasteiger partial charge in [0.2, 0.25) is 12.2 Å². The number of furan rings is 2. The number of aliphatic hydroxyl groups excluding tert-OH is 2. The molecular weight excluding hydrogens is 1670 g/mol. The summed E-state index contributed by atoms with van der Waals surface area (Å²) < 4.78 is 63.7. The van der Waals surface area contributed by atoms with Crippen molar-refractivity contribution in [2.75, 3.05) is 19.8 Å². The van der Waals surface area contributed by atoms with Crippen LogP contribution in [0.15, 0.2) is 240 Å². The first-order chi connectivity index (χ1) is 62.3. The molecule has 14 rings (SSSR count). The first-order valence-electron chi connectivity index (χ1n) is 42.7. The van der Waals surface area contributed by atoms with Gasteiger partial charge in [-0.15, -0.1) is 0 Å². The number of rotatable bonds is 33. The molecule has 682 valence electrons. The van der Waals surface area contributed by atoms with Crippen LogP contribution in [0.2, 0.25) is 0 Å². The Morgan fingerprint density at radius 3 is 1.18 bits per heavy atom. The molecule has 2 fully saturated rings. The van der Waals surface area contributed by atoms with Crippen LogP contribution in [0.25, 0.3) is 44.8 Å². The number of aromatic nitrogens is 4. The third-order valence-electron chi connectivity index (χ3n) is 20.7. The number of esters is 6. The van der Waals surface area contributed by atoms with Gasteiger partial charge in [0.15, 0.2) is 32.0 Å². The lowest BCUT2D eigenvalue weighted by molar-refractivity contribution is -0.158. The first-order valence-corrected chi connectivity index (χ1v) is 42.7. The van der Waals surface area contributed by atoms with Crippen molar-refractivity contribution in [2.24, 2.45) is 0 Å². The fourth-order valence-corrected chi connectivity index (χ4v) is 14.5. The molecule has 0 aliphatic heterocycles. The third kappa shape index (κ3) is 29.6. The fraction of sp³-hybridized carbons (Fsp3) is 0.330. The fourth-order valence-electron chi connectivity index (χ4n) is 14.5. The molecular formula is C100H106N4O26. The van der Waals surface area contributed by atoms with Crippen molar-refractivity contribution in [3.05, 3.63) is 276 Å². The van der Waals surface area contributed by atoms with E-state index in [4.69, 9.17) is 81.9 Å². The highest BCUT2D eigenvalue weighted by Crippen LogP contribution is 2.39. The van der Waals surface area contributed by atoms with Gasteiger partial charge in [-0.1, -0.05) is 148 Å². The van der Waals surface area contributed by atoms with Gasteiger partial charge in [-0.25, -0.2) is 53.1 Å². The van der Waals surface area contributed by atoms with Gasteiger partial charge in [0.1, 0.15) is 71.6 Å². The lowest BCUT2D eigenvalue weighted by atomic mass is 9.95. The SMILES string of the molecule is CC(C)(C)OC(=O)COc1ccc(CC(O)C(=O)OCc2ccccc2)cc1.CC(C)(C)OC(=O)COc1ccc(CC(OC(=O)c2ccc3c(c2)nc(-c2ccoc2)n3C2CCCCC2)C(=O)OCc2ccccc2)cc1.O=C(O)C(O)Cc1ccc(O)cc1.O=C(O)COc1ccc(CC(OC(=O)c2ccc3c(c2)nc(-c2ccoc2)n3C2CCCCC2)C(=O)O)cc1. The quantitative estimate of drug-likeness (QED) is 0.0164. The Morgan fingerprint density at radius 1 is 0.415 bits per heavy atom. The lowest BCUT2D eigenvalue weighted by Gasteiger charge is -2.25. The van der Waals surface area contributed by atoms with E-state index < -0.39 is 95.9 Å². The summed E-state index contributed by atoms with van der Waals surface area (Å²) in [5, 5.41) is 54.8. The van der Waals surface area contributed by atoms with Crippen molar-refractivity contribution in [3.63, 3.8) is 0 Å². The van der Waals surface area contributed by atoms with Crippen molar-refractivity contribution in [1.29, 1.82) is 0 Å². The summed E-state index contributed by atoms with van der Waals surface area (Å²) in [5.41, 5.74) is 8.51. The van der Waals surface area contributed by atoms with Crippen molar-refractivity contribution < 1.29 is 125 Å². The Labute approximate surface area is 750 Å². The molecule has 30 heteroatoms. The zero-order valence-electron chi connectivity index (χ0n) is 73.0. The van der Waals surface area contributed by atoms with Gasteiger partial charge in [0.25, 0.3) is 0 Å². The van der Waals surface area contributed by atoms with Gasteiger partial charge in [0, 0.05) is 37.8 Å². The molecule has 12 aromatic rings. The van der Waals surface area contributed by atoms with Gasteiger partial charge < -0.3 is 91.2 Å². The summed E-state index contributed by atoms with van der Waals surface area (Å²) >= 11 is 0. The minimum absolute atomic E-state index is 0.0342. The number of aliphatic carboxylic acids is 3. The largest absolute Gasteiger partial charge is 0.508 e.